The molecule has 0 amide bonds. The Labute approximate surface area is 135 Å². The molecule has 3 rings (SSSR count). The monoisotopic (exact) mass is 396 g/mol. The summed E-state index contributed by atoms with van der Waals surface area (Å²) in [6, 6.07) is 12.5. The molecule has 1 aliphatic rings. The molecule has 0 aromatic heterocycles. The summed E-state index contributed by atoms with van der Waals surface area (Å²) in [6.45, 7) is 3.30. The number of rotatable bonds is 2. The van der Waals surface area contributed by atoms with Crippen LogP contribution in [-0.2, 0) is 0 Å². The first kappa shape index (κ1) is 14.0. The van der Waals surface area contributed by atoms with Gasteiger partial charge in [0.2, 0.25) is 0 Å². The standard InChI is InChI=1S/C16H14Br2O2/c1-10-2-4-11(5-3-10)16(18)12-8-14-15(9-13(12)17)20-7-6-19-14/h2-5,8-9,16H,6-7H2,1H3. The van der Waals surface area contributed by atoms with E-state index in [1.807, 2.05) is 12.1 Å². The Hall–Kier alpha value is -1.00. The van der Waals surface area contributed by atoms with Crippen molar-refractivity contribution < 1.29 is 9.47 Å². The highest BCUT2D eigenvalue weighted by Crippen LogP contribution is 2.42. The van der Waals surface area contributed by atoms with E-state index in [4.69, 9.17) is 9.47 Å². The molecule has 0 N–H and O–H groups in total. The second-order valence-corrected chi connectivity index (χ2v) is 6.56. The highest BCUT2D eigenvalue weighted by Gasteiger charge is 2.19. The molecule has 0 saturated heterocycles. The molecule has 0 fully saturated rings. The summed E-state index contributed by atoms with van der Waals surface area (Å²) in [5, 5.41) is 0. The molecule has 20 heavy (non-hydrogen) atoms. The van der Waals surface area contributed by atoms with Crippen LogP contribution in [0, 0.1) is 6.92 Å². The van der Waals surface area contributed by atoms with Crippen LogP contribution >= 0.6 is 31.9 Å². The minimum atomic E-state index is 0.119. The van der Waals surface area contributed by atoms with Crippen LogP contribution in [0.25, 0.3) is 0 Å². The Kier molecular flexibility index (Phi) is 4.03. The molecule has 0 saturated carbocycles. The van der Waals surface area contributed by atoms with E-state index in [2.05, 4.69) is 63.0 Å². The van der Waals surface area contributed by atoms with Gasteiger partial charge in [0.25, 0.3) is 0 Å². The molecule has 0 spiro atoms. The third kappa shape index (κ3) is 2.72. The van der Waals surface area contributed by atoms with E-state index in [0.717, 1.165) is 21.5 Å². The van der Waals surface area contributed by atoms with Gasteiger partial charge in [0, 0.05) is 4.47 Å². The predicted molar refractivity (Wildman–Crippen MR) is 87.1 cm³/mol. The van der Waals surface area contributed by atoms with Crippen molar-refractivity contribution in [3.05, 3.63) is 57.6 Å². The zero-order chi connectivity index (χ0) is 14.1. The van der Waals surface area contributed by atoms with Gasteiger partial charge in [0.15, 0.2) is 11.5 Å². The van der Waals surface area contributed by atoms with E-state index in [9.17, 15) is 0 Å². The Morgan fingerprint density at radius 2 is 1.60 bits per heavy atom. The minimum Gasteiger partial charge on any atom is -0.486 e. The molecule has 104 valence electrons. The number of benzene rings is 2. The van der Waals surface area contributed by atoms with Crippen LogP contribution in [0.15, 0.2) is 40.9 Å². The van der Waals surface area contributed by atoms with Gasteiger partial charge in [-0.2, -0.15) is 0 Å². The lowest BCUT2D eigenvalue weighted by Gasteiger charge is -2.21. The largest absolute Gasteiger partial charge is 0.486 e. The van der Waals surface area contributed by atoms with Gasteiger partial charge in [-0.1, -0.05) is 61.7 Å². The lowest BCUT2D eigenvalue weighted by molar-refractivity contribution is 0.171. The maximum atomic E-state index is 5.66. The highest BCUT2D eigenvalue weighted by atomic mass is 79.9. The number of aryl methyl sites for hydroxylation is 1. The molecule has 4 heteroatoms. The summed E-state index contributed by atoms with van der Waals surface area (Å²) >= 11 is 7.39. The fourth-order valence-corrected chi connectivity index (χ4v) is 3.73. The number of hydrogen-bond acceptors (Lipinski definition) is 2. The first-order valence-electron chi connectivity index (χ1n) is 6.45. The average Bonchev–Trinajstić information content (AvgIpc) is 2.46. The van der Waals surface area contributed by atoms with Crippen LogP contribution in [0.5, 0.6) is 11.5 Å². The minimum absolute atomic E-state index is 0.119. The lowest BCUT2D eigenvalue weighted by Crippen LogP contribution is -2.15. The third-order valence-corrected chi connectivity index (χ3v) is 5.01. The van der Waals surface area contributed by atoms with Crippen molar-refractivity contribution >= 4 is 31.9 Å². The molecule has 2 aromatic rings. The van der Waals surface area contributed by atoms with Gasteiger partial charge in [-0.15, -0.1) is 0 Å². The zero-order valence-electron chi connectivity index (χ0n) is 11.0. The molecule has 0 aliphatic carbocycles. The van der Waals surface area contributed by atoms with Crippen molar-refractivity contribution in [3.63, 3.8) is 0 Å². The molecular weight excluding hydrogens is 384 g/mol. The zero-order valence-corrected chi connectivity index (χ0v) is 14.2. The van der Waals surface area contributed by atoms with Crippen LogP contribution < -0.4 is 9.47 Å². The maximum absolute atomic E-state index is 5.66. The SMILES string of the molecule is Cc1ccc(C(Br)c2cc3c(cc2Br)OCCO3)cc1. The summed E-state index contributed by atoms with van der Waals surface area (Å²) in [4.78, 5) is 0.119. The Morgan fingerprint density at radius 1 is 1.00 bits per heavy atom. The van der Waals surface area contributed by atoms with Crippen LogP contribution in [0.3, 0.4) is 0 Å². The fourth-order valence-electron chi connectivity index (χ4n) is 2.19. The Morgan fingerprint density at radius 3 is 2.25 bits per heavy atom. The average molecular weight is 398 g/mol. The first-order valence-corrected chi connectivity index (χ1v) is 8.15. The van der Waals surface area contributed by atoms with Crippen LogP contribution in [-0.4, -0.2) is 13.2 Å². The van der Waals surface area contributed by atoms with Crippen molar-refractivity contribution in [2.75, 3.05) is 13.2 Å². The smallest absolute Gasteiger partial charge is 0.162 e. The molecule has 2 aromatic carbocycles. The second kappa shape index (κ2) is 5.78. The van der Waals surface area contributed by atoms with Gasteiger partial charge in [-0.25, -0.2) is 0 Å². The quantitative estimate of drug-likeness (QED) is 0.663. The summed E-state index contributed by atoms with van der Waals surface area (Å²) in [6.07, 6.45) is 0. The summed E-state index contributed by atoms with van der Waals surface area (Å²) in [5.41, 5.74) is 3.61. The molecular formula is C16H14Br2O2. The predicted octanol–water partition coefficient (Wildman–Crippen LogP) is 5.01. The molecule has 1 atom stereocenters. The van der Waals surface area contributed by atoms with Crippen LogP contribution in [0.4, 0.5) is 0 Å². The van der Waals surface area contributed by atoms with Gasteiger partial charge in [-0.3, -0.25) is 0 Å². The van der Waals surface area contributed by atoms with E-state index in [1.165, 1.54) is 11.1 Å². The third-order valence-electron chi connectivity index (χ3n) is 3.30. The van der Waals surface area contributed by atoms with E-state index in [1.54, 1.807) is 0 Å². The molecule has 0 bridgehead atoms. The van der Waals surface area contributed by atoms with Gasteiger partial charge >= 0.3 is 0 Å². The highest BCUT2D eigenvalue weighted by molar-refractivity contribution is 9.11. The van der Waals surface area contributed by atoms with Crippen molar-refractivity contribution in [1.29, 1.82) is 0 Å². The van der Waals surface area contributed by atoms with Gasteiger partial charge in [-0.05, 0) is 30.2 Å². The fraction of sp³-hybridized carbons (Fsp3) is 0.250. The van der Waals surface area contributed by atoms with E-state index in [0.29, 0.717) is 13.2 Å². The molecule has 1 unspecified atom stereocenters. The molecule has 1 aliphatic heterocycles. The van der Waals surface area contributed by atoms with Crippen molar-refractivity contribution in [2.24, 2.45) is 0 Å². The first-order chi connectivity index (χ1) is 9.65. The molecule has 2 nitrogen and oxygen atoms in total. The number of alkyl halides is 1. The summed E-state index contributed by atoms with van der Waals surface area (Å²) < 4.78 is 12.3. The van der Waals surface area contributed by atoms with Gasteiger partial charge in [0.05, 0.1) is 4.83 Å². The number of ether oxygens (including phenoxy) is 2. The summed E-state index contributed by atoms with van der Waals surface area (Å²) in [7, 11) is 0. The molecule has 0 radical (unpaired) electrons. The molecule has 1 heterocycles. The van der Waals surface area contributed by atoms with E-state index >= 15 is 0 Å². The van der Waals surface area contributed by atoms with Gasteiger partial charge < -0.3 is 9.47 Å². The van der Waals surface area contributed by atoms with E-state index in [-0.39, 0.29) is 4.83 Å². The number of halogens is 2. The van der Waals surface area contributed by atoms with Gasteiger partial charge in [0.1, 0.15) is 13.2 Å². The van der Waals surface area contributed by atoms with E-state index < -0.39 is 0 Å². The Bertz CT molecular complexity index is 623. The lowest BCUT2D eigenvalue weighted by atomic mass is 10.0. The van der Waals surface area contributed by atoms with Crippen molar-refractivity contribution in [1.82, 2.24) is 0 Å². The van der Waals surface area contributed by atoms with Crippen LogP contribution in [0.2, 0.25) is 0 Å². The summed E-state index contributed by atoms with van der Waals surface area (Å²) in [5.74, 6) is 1.61. The van der Waals surface area contributed by atoms with Crippen LogP contribution in [0.1, 0.15) is 21.5 Å². The van der Waals surface area contributed by atoms with Crippen molar-refractivity contribution in [3.8, 4) is 11.5 Å². The number of hydrogen-bond donors (Lipinski definition) is 0. The topological polar surface area (TPSA) is 18.5 Å². The van der Waals surface area contributed by atoms with Crippen molar-refractivity contribution in [2.45, 2.75) is 11.8 Å². The maximum Gasteiger partial charge on any atom is 0.162 e. The normalized spacial score (nSPS) is 14.9. The Balaban J connectivity index is 1.98. The number of fused-ring (bicyclic) bond motifs is 1. The second-order valence-electron chi connectivity index (χ2n) is 4.79.